The number of benzene rings is 2. The number of hydrogen-bond donors (Lipinski definition) is 1. The first-order valence-corrected chi connectivity index (χ1v) is 6.75. The van der Waals surface area contributed by atoms with E-state index in [2.05, 4.69) is 5.10 Å². The predicted molar refractivity (Wildman–Crippen MR) is 80.3 cm³/mol. The highest BCUT2D eigenvalue weighted by Crippen LogP contribution is 2.24. The molecule has 0 amide bonds. The summed E-state index contributed by atoms with van der Waals surface area (Å²) in [5.41, 5.74) is 2.75. The van der Waals surface area contributed by atoms with Gasteiger partial charge in [-0.15, -0.1) is 0 Å². The van der Waals surface area contributed by atoms with E-state index in [1.54, 1.807) is 23.0 Å². The molecule has 22 heavy (non-hydrogen) atoms. The lowest BCUT2D eigenvalue weighted by Gasteiger charge is -2.01. The van der Waals surface area contributed by atoms with E-state index < -0.39 is 5.97 Å². The normalized spacial score (nSPS) is 10.6. The molecule has 1 N–H and O–H groups in total. The molecule has 4 nitrogen and oxygen atoms in total. The molecule has 0 saturated carbocycles. The van der Waals surface area contributed by atoms with Crippen molar-refractivity contribution in [3.63, 3.8) is 0 Å². The molecule has 1 aromatic heterocycles. The van der Waals surface area contributed by atoms with Crippen LogP contribution in [-0.2, 0) is 11.2 Å². The number of carboxylic acid groups (broad SMARTS) is 1. The highest BCUT2D eigenvalue weighted by atomic mass is 19.1. The summed E-state index contributed by atoms with van der Waals surface area (Å²) in [4.78, 5) is 11.1. The Balaban J connectivity index is 2.08. The fraction of sp³-hybridized carbons (Fsp3) is 0.0588. The average Bonchev–Trinajstić information content (AvgIpc) is 2.92. The van der Waals surface area contributed by atoms with Crippen molar-refractivity contribution >= 4 is 5.97 Å². The zero-order chi connectivity index (χ0) is 15.5. The third kappa shape index (κ3) is 2.88. The van der Waals surface area contributed by atoms with E-state index in [9.17, 15) is 9.18 Å². The Morgan fingerprint density at radius 3 is 2.41 bits per heavy atom. The molecule has 0 radical (unpaired) electrons. The molecule has 3 rings (SSSR count). The van der Waals surface area contributed by atoms with E-state index in [1.165, 1.54) is 12.1 Å². The van der Waals surface area contributed by atoms with Gasteiger partial charge in [0.15, 0.2) is 0 Å². The smallest absolute Gasteiger partial charge is 0.307 e. The molecule has 3 aromatic rings. The minimum absolute atomic E-state index is 0.120. The molecule has 0 aliphatic rings. The fourth-order valence-electron chi connectivity index (χ4n) is 2.27. The average molecular weight is 296 g/mol. The summed E-state index contributed by atoms with van der Waals surface area (Å²) in [6, 6.07) is 15.3. The maximum atomic E-state index is 13.0. The first kappa shape index (κ1) is 14.0. The maximum absolute atomic E-state index is 13.0. The van der Waals surface area contributed by atoms with Crippen LogP contribution in [0.3, 0.4) is 0 Å². The Bertz CT molecular complexity index is 795. The van der Waals surface area contributed by atoms with E-state index in [0.717, 1.165) is 5.56 Å². The van der Waals surface area contributed by atoms with Crippen LogP contribution in [0, 0.1) is 5.82 Å². The van der Waals surface area contributed by atoms with Gasteiger partial charge in [0.1, 0.15) is 5.82 Å². The summed E-state index contributed by atoms with van der Waals surface area (Å²) in [6.07, 6.45) is 1.55. The van der Waals surface area contributed by atoms with Crippen LogP contribution in [0.4, 0.5) is 4.39 Å². The van der Waals surface area contributed by atoms with Gasteiger partial charge in [-0.2, -0.15) is 5.10 Å². The van der Waals surface area contributed by atoms with Crippen molar-refractivity contribution in [2.24, 2.45) is 0 Å². The fourth-order valence-corrected chi connectivity index (χ4v) is 2.27. The van der Waals surface area contributed by atoms with Crippen LogP contribution >= 0.6 is 0 Å². The quantitative estimate of drug-likeness (QED) is 0.803. The minimum Gasteiger partial charge on any atom is -0.481 e. The summed E-state index contributed by atoms with van der Waals surface area (Å²) in [6.45, 7) is 0. The highest BCUT2D eigenvalue weighted by molar-refractivity contribution is 5.75. The Morgan fingerprint density at radius 2 is 1.77 bits per heavy atom. The molecule has 0 aliphatic carbocycles. The molecule has 0 unspecified atom stereocenters. The third-order valence-corrected chi connectivity index (χ3v) is 3.27. The Labute approximate surface area is 126 Å². The van der Waals surface area contributed by atoms with Crippen LogP contribution in [-0.4, -0.2) is 20.9 Å². The molecular formula is C17H13FN2O2. The van der Waals surface area contributed by atoms with Gasteiger partial charge in [-0.1, -0.05) is 30.3 Å². The second-order valence-corrected chi connectivity index (χ2v) is 4.86. The zero-order valence-electron chi connectivity index (χ0n) is 11.6. The van der Waals surface area contributed by atoms with Crippen molar-refractivity contribution in [2.75, 3.05) is 0 Å². The molecule has 2 aromatic carbocycles. The van der Waals surface area contributed by atoms with Gasteiger partial charge in [0, 0.05) is 17.3 Å². The number of carbonyl (C=O) groups is 1. The SMILES string of the molecule is O=C(O)Cc1cn(-c2ccc(F)cc2)nc1-c1ccccc1. The topological polar surface area (TPSA) is 55.1 Å². The van der Waals surface area contributed by atoms with Gasteiger partial charge >= 0.3 is 5.97 Å². The molecule has 110 valence electrons. The third-order valence-electron chi connectivity index (χ3n) is 3.27. The number of nitrogens with zero attached hydrogens (tertiary/aromatic N) is 2. The Kier molecular flexibility index (Phi) is 3.70. The first-order chi connectivity index (χ1) is 10.6. The minimum atomic E-state index is -0.921. The molecule has 0 atom stereocenters. The predicted octanol–water partition coefficient (Wildman–Crippen LogP) is 3.31. The summed E-state index contributed by atoms with van der Waals surface area (Å²) >= 11 is 0. The molecule has 0 spiro atoms. The van der Waals surface area contributed by atoms with Crippen molar-refractivity contribution in [1.82, 2.24) is 9.78 Å². The van der Waals surface area contributed by atoms with Gasteiger partial charge in [0.2, 0.25) is 0 Å². The summed E-state index contributed by atoms with van der Waals surface area (Å²) < 4.78 is 14.6. The van der Waals surface area contributed by atoms with Crippen molar-refractivity contribution in [3.8, 4) is 16.9 Å². The number of carboxylic acids is 1. The Hall–Kier alpha value is -2.95. The largest absolute Gasteiger partial charge is 0.481 e. The Morgan fingerprint density at radius 1 is 1.09 bits per heavy atom. The van der Waals surface area contributed by atoms with Gasteiger partial charge in [-0.3, -0.25) is 4.79 Å². The molecule has 0 aliphatic heterocycles. The van der Waals surface area contributed by atoms with Crippen molar-refractivity contribution in [1.29, 1.82) is 0 Å². The molecule has 5 heteroatoms. The second kappa shape index (κ2) is 5.81. The van der Waals surface area contributed by atoms with E-state index in [-0.39, 0.29) is 12.2 Å². The summed E-state index contributed by atoms with van der Waals surface area (Å²) in [5.74, 6) is -1.25. The maximum Gasteiger partial charge on any atom is 0.307 e. The molecule has 0 fully saturated rings. The van der Waals surface area contributed by atoms with Gasteiger partial charge in [-0.05, 0) is 24.3 Å². The lowest BCUT2D eigenvalue weighted by atomic mass is 10.1. The van der Waals surface area contributed by atoms with Crippen LogP contribution in [0.2, 0.25) is 0 Å². The number of aromatic nitrogens is 2. The first-order valence-electron chi connectivity index (χ1n) is 6.75. The van der Waals surface area contributed by atoms with E-state index in [0.29, 0.717) is 16.9 Å². The zero-order valence-corrected chi connectivity index (χ0v) is 11.6. The van der Waals surface area contributed by atoms with E-state index in [4.69, 9.17) is 5.11 Å². The van der Waals surface area contributed by atoms with Crippen LogP contribution in [0.1, 0.15) is 5.56 Å². The lowest BCUT2D eigenvalue weighted by molar-refractivity contribution is -0.136. The summed E-state index contributed by atoms with van der Waals surface area (Å²) in [7, 11) is 0. The molecule has 0 saturated heterocycles. The molecular weight excluding hydrogens is 283 g/mol. The number of hydrogen-bond acceptors (Lipinski definition) is 2. The van der Waals surface area contributed by atoms with E-state index >= 15 is 0 Å². The number of aliphatic carboxylic acids is 1. The number of rotatable bonds is 4. The molecule has 1 heterocycles. The van der Waals surface area contributed by atoms with Crippen LogP contribution in [0.15, 0.2) is 60.8 Å². The highest BCUT2D eigenvalue weighted by Gasteiger charge is 2.14. The van der Waals surface area contributed by atoms with Crippen LogP contribution in [0.25, 0.3) is 16.9 Å². The van der Waals surface area contributed by atoms with Crippen molar-refractivity contribution in [3.05, 3.63) is 72.2 Å². The van der Waals surface area contributed by atoms with Crippen molar-refractivity contribution < 1.29 is 14.3 Å². The van der Waals surface area contributed by atoms with Gasteiger partial charge in [-0.25, -0.2) is 9.07 Å². The molecule has 0 bridgehead atoms. The van der Waals surface area contributed by atoms with Gasteiger partial charge in [0.05, 0.1) is 17.8 Å². The van der Waals surface area contributed by atoms with Gasteiger partial charge < -0.3 is 5.11 Å². The summed E-state index contributed by atoms with van der Waals surface area (Å²) in [5, 5.41) is 13.5. The standard InChI is InChI=1S/C17H13FN2O2/c18-14-6-8-15(9-7-14)20-11-13(10-16(21)22)17(19-20)12-4-2-1-3-5-12/h1-9,11H,10H2,(H,21,22). The lowest BCUT2D eigenvalue weighted by Crippen LogP contribution is -2.00. The van der Waals surface area contributed by atoms with Crippen molar-refractivity contribution in [2.45, 2.75) is 6.42 Å². The monoisotopic (exact) mass is 296 g/mol. The van der Waals surface area contributed by atoms with E-state index in [1.807, 2.05) is 30.3 Å². The number of halogens is 1. The second-order valence-electron chi connectivity index (χ2n) is 4.86. The van der Waals surface area contributed by atoms with Crippen LogP contribution < -0.4 is 0 Å². The van der Waals surface area contributed by atoms with Crippen LogP contribution in [0.5, 0.6) is 0 Å². The van der Waals surface area contributed by atoms with Gasteiger partial charge in [0.25, 0.3) is 0 Å².